The zero-order chi connectivity index (χ0) is 14.2. The molecule has 0 fully saturated rings. The number of H-pyrrole nitrogens is 1. The molecule has 0 bridgehead atoms. The third-order valence-corrected chi connectivity index (χ3v) is 3.75. The number of hydrogen-bond donors (Lipinski definition) is 1. The topological polar surface area (TPSA) is 45.8 Å². The molecule has 0 atom stereocenters. The van der Waals surface area contributed by atoms with Crippen LogP contribution in [0.1, 0.15) is 0 Å². The molecule has 4 rings (SSSR count). The number of aromatic amines is 1. The van der Waals surface area contributed by atoms with Crippen LogP contribution in [0.25, 0.3) is 32.7 Å². The number of benzene rings is 2. The fraction of sp³-hybridized carbons (Fsp3) is 0. The van der Waals surface area contributed by atoms with Gasteiger partial charge in [0, 0.05) is 34.9 Å². The summed E-state index contributed by atoms with van der Waals surface area (Å²) in [6, 6.07) is 16.0. The van der Waals surface area contributed by atoms with Gasteiger partial charge in [-0.1, -0.05) is 30.3 Å². The normalized spacial score (nSPS) is 11.0. The van der Waals surface area contributed by atoms with E-state index in [1.54, 1.807) is 6.20 Å². The molecule has 0 unspecified atom stereocenters. The Morgan fingerprint density at radius 1 is 0.857 bits per heavy atom. The molecule has 4 aromatic rings. The van der Waals surface area contributed by atoms with Crippen LogP contribution >= 0.6 is 0 Å². The van der Waals surface area contributed by atoms with Crippen LogP contribution in [0.15, 0.2) is 71.9 Å². The Labute approximate surface area is 120 Å². The molecule has 0 amide bonds. The lowest BCUT2D eigenvalue weighted by molar-refractivity contribution is 1.28. The van der Waals surface area contributed by atoms with E-state index in [2.05, 4.69) is 22.1 Å². The predicted molar refractivity (Wildman–Crippen MR) is 85.3 cm³/mol. The number of rotatable bonds is 1. The zero-order valence-electron chi connectivity index (χ0n) is 11.2. The molecule has 0 aliphatic carbocycles. The number of nitrogens with one attached hydrogen (secondary N) is 1. The van der Waals surface area contributed by atoms with Crippen LogP contribution in [0.4, 0.5) is 0 Å². The summed E-state index contributed by atoms with van der Waals surface area (Å²) in [4.78, 5) is 18.8. The average molecular weight is 272 g/mol. The molecule has 0 aliphatic heterocycles. The minimum absolute atomic E-state index is 0.0601. The Morgan fingerprint density at radius 3 is 2.71 bits per heavy atom. The molecule has 0 radical (unpaired) electrons. The molecule has 2 heterocycles. The van der Waals surface area contributed by atoms with E-state index < -0.39 is 0 Å². The van der Waals surface area contributed by atoms with Crippen molar-refractivity contribution in [1.82, 2.24) is 9.97 Å². The molecule has 0 saturated carbocycles. The predicted octanol–water partition coefficient (Wildman–Crippen LogP) is 3.74. The lowest BCUT2D eigenvalue weighted by Gasteiger charge is -2.07. The van der Waals surface area contributed by atoms with Crippen LogP contribution in [-0.4, -0.2) is 9.97 Å². The van der Waals surface area contributed by atoms with Gasteiger partial charge in [0.15, 0.2) is 0 Å². The first-order valence-corrected chi connectivity index (χ1v) is 6.77. The smallest absolute Gasteiger partial charge is 0.255 e. The van der Waals surface area contributed by atoms with Gasteiger partial charge >= 0.3 is 0 Å². The van der Waals surface area contributed by atoms with Crippen molar-refractivity contribution >= 4 is 21.5 Å². The van der Waals surface area contributed by atoms with Gasteiger partial charge < -0.3 is 4.98 Å². The minimum Gasteiger partial charge on any atom is -0.329 e. The lowest BCUT2D eigenvalue weighted by atomic mass is 9.99. The molecule has 2 aromatic carbocycles. The Bertz CT molecular complexity index is 1010. The molecular weight excluding hydrogens is 260 g/mol. The molecule has 21 heavy (non-hydrogen) atoms. The quantitative estimate of drug-likeness (QED) is 0.573. The van der Waals surface area contributed by atoms with Crippen molar-refractivity contribution in [3.8, 4) is 11.1 Å². The largest absolute Gasteiger partial charge is 0.329 e. The number of pyridine rings is 2. The van der Waals surface area contributed by atoms with E-state index in [4.69, 9.17) is 0 Å². The van der Waals surface area contributed by atoms with E-state index >= 15 is 0 Å². The van der Waals surface area contributed by atoms with Gasteiger partial charge in [-0.3, -0.25) is 9.78 Å². The number of hydrogen-bond acceptors (Lipinski definition) is 2. The van der Waals surface area contributed by atoms with Crippen molar-refractivity contribution in [2.75, 3.05) is 0 Å². The van der Waals surface area contributed by atoms with Crippen LogP contribution in [0, 0.1) is 0 Å². The van der Waals surface area contributed by atoms with E-state index in [1.165, 1.54) is 0 Å². The Kier molecular flexibility index (Phi) is 2.57. The summed E-state index contributed by atoms with van der Waals surface area (Å²) in [6.45, 7) is 0. The second kappa shape index (κ2) is 4.56. The van der Waals surface area contributed by atoms with Gasteiger partial charge in [0.2, 0.25) is 0 Å². The number of fused-ring (bicyclic) bond motifs is 2. The molecule has 3 heteroatoms. The summed E-state index contributed by atoms with van der Waals surface area (Å²) in [7, 11) is 0. The standard InChI is InChI=1S/C18H12N2O/c21-18-16-6-5-12(9-13(16)7-8-20-18)17-11-19-10-14-3-1-2-4-15(14)17/h1-11H,(H,20,21). The Morgan fingerprint density at radius 2 is 1.76 bits per heavy atom. The fourth-order valence-electron chi connectivity index (χ4n) is 2.71. The van der Waals surface area contributed by atoms with Crippen molar-refractivity contribution in [2.45, 2.75) is 0 Å². The highest BCUT2D eigenvalue weighted by Crippen LogP contribution is 2.29. The van der Waals surface area contributed by atoms with E-state index in [0.717, 1.165) is 27.3 Å². The fourth-order valence-corrected chi connectivity index (χ4v) is 2.71. The minimum atomic E-state index is -0.0601. The van der Waals surface area contributed by atoms with Gasteiger partial charge in [0.05, 0.1) is 0 Å². The van der Waals surface area contributed by atoms with Crippen molar-refractivity contribution in [1.29, 1.82) is 0 Å². The highest BCUT2D eigenvalue weighted by Gasteiger charge is 2.06. The van der Waals surface area contributed by atoms with Gasteiger partial charge in [0.1, 0.15) is 0 Å². The highest BCUT2D eigenvalue weighted by atomic mass is 16.1. The van der Waals surface area contributed by atoms with Gasteiger partial charge in [0.25, 0.3) is 5.56 Å². The van der Waals surface area contributed by atoms with Gasteiger partial charge in [-0.25, -0.2) is 0 Å². The van der Waals surface area contributed by atoms with Crippen LogP contribution in [0.5, 0.6) is 0 Å². The van der Waals surface area contributed by atoms with Crippen LogP contribution in [-0.2, 0) is 0 Å². The van der Waals surface area contributed by atoms with Gasteiger partial charge in [-0.05, 0) is 34.5 Å². The Balaban J connectivity index is 2.03. The second-order valence-corrected chi connectivity index (χ2v) is 5.02. The molecule has 3 nitrogen and oxygen atoms in total. The molecular formula is C18H12N2O. The number of nitrogens with zero attached hydrogens (tertiary/aromatic N) is 1. The third-order valence-electron chi connectivity index (χ3n) is 3.75. The maximum Gasteiger partial charge on any atom is 0.255 e. The Hall–Kier alpha value is -2.94. The first-order chi connectivity index (χ1) is 10.3. The molecule has 0 aliphatic rings. The molecule has 0 spiro atoms. The maximum absolute atomic E-state index is 11.8. The summed E-state index contributed by atoms with van der Waals surface area (Å²) in [5.74, 6) is 0. The van der Waals surface area contributed by atoms with Crippen molar-refractivity contribution in [2.24, 2.45) is 0 Å². The van der Waals surface area contributed by atoms with Crippen molar-refractivity contribution < 1.29 is 0 Å². The summed E-state index contributed by atoms with van der Waals surface area (Å²) in [6.07, 6.45) is 5.41. The highest BCUT2D eigenvalue weighted by molar-refractivity contribution is 5.98. The monoisotopic (exact) mass is 272 g/mol. The van der Waals surface area contributed by atoms with Crippen LogP contribution < -0.4 is 5.56 Å². The number of aromatic nitrogens is 2. The SMILES string of the molecule is O=c1[nH]ccc2cc(-c3cncc4ccccc34)ccc12. The average Bonchev–Trinajstić information content (AvgIpc) is 2.54. The first-order valence-electron chi connectivity index (χ1n) is 6.77. The molecule has 1 N–H and O–H groups in total. The first kappa shape index (κ1) is 11.9. The van der Waals surface area contributed by atoms with E-state index in [-0.39, 0.29) is 5.56 Å². The van der Waals surface area contributed by atoms with Crippen LogP contribution in [0.2, 0.25) is 0 Å². The molecule has 0 saturated heterocycles. The van der Waals surface area contributed by atoms with E-state index in [0.29, 0.717) is 5.39 Å². The van der Waals surface area contributed by atoms with E-state index in [9.17, 15) is 4.79 Å². The summed E-state index contributed by atoms with van der Waals surface area (Å²) in [5.41, 5.74) is 2.09. The maximum atomic E-state index is 11.8. The van der Waals surface area contributed by atoms with E-state index in [1.807, 2.05) is 48.8 Å². The van der Waals surface area contributed by atoms with Crippen molar-refractivity contribution in [3.63, 3.8) is 0 Å². The summed E-state index contributed by atoms with van der Waals surface area (Å²) >= 11 is 0. The lowest BCUT2D eigenvalue weighted by Crippen LogP contribution is -2.03. The zero-order valence-corrected chi connectivity index (χ0v) is 11.2. The van der Waals surface area contributed by atoms with Crippen molar-refractivity contribution in [3.05, 3.63) is 77.5 Å². The van der Waals surface area contributed by atoms with Crippen LogP contribution in [0.3, 0.4) is 0 Å². The second-order valence-electron chi connectivity index (χ2n) is 5.02. The third kappa shape index (κ3) is 1.91. The summed E-state index contributed by atoms with van der Waals surface area (Å²) in [5, 5.41) is 3.91. The molecule has 2 aromatic heterocycles. The molecule has 100 valence electrons. The summed E-state index contributed by atoms with van der Waals surface area (Å²) < 4.78 is 0. The van der Waals surface area contributed by atoms with Gasteiger partial charge in [-0.15, -0.1) is 0 Å². The van der Waals surface area contributed by atoms with Gasteiger partial charge in [-0.2, -0.15) is 0 Å².